The molecule has 1 aliphatic rings. The molecular formula is C18H30N2O. The molecule has 3 heteroatoms. The highest BCUT2D eigenvalue weighted by Gasteiger charge is 2.16. The second kappa shape index (κ2) is 8.28. The van der Waals surface area contributed by atoms with Crippen molar-refractivity contribution in [1.82, 2.24) is 0 Å². The number of unbranched alkanes of at least 4 members (excludes halogenated alkanes) is 3. The van der Waals surface area contributed by atoms with Gasteiger partial charge in [-0.05, 0) is 49.9 Å². The lowest BCUT2D eigenvalue weighted by molar-refractivity contribution is 0.303. The topological polar surface area (TPSA) is 38.5 Å². The molecule has 1 aliphatic heterocycles. The van der Waals surface area contributed by atoms with Crippen LogP contribution in [-0.2, 0) is 0 Å². The number of nitrogens with two attached hydrogens (primary N) is 1. The van der Waals surface area contributed by atoms with Gasteiger partial charge in [0.05, 0.1) is 6.61 Å². The third-order valence-corrected chi connectivity index (χ3v) is 4.32. The van der Waals surface area contributed by atoms with E-state index in [1.807, 2.05) is 0 Å². The van der Waals surface area contributed by atoms with Crippen LogP contribution < -0.4 is 15.4 Å². The summed E-state index contributed by atoms with van der Waals surface area (Å²) in [7, 11) is 0. The predicted octanol–water partition coefficient (Wildman–Crippen LogP) is 3.88. The van der Waals surface area contributed by atoms with E-state index >= 15 is 0 Å². The van der Waals surface area contributed by atoms with Crippen molar-refractivity contribution in [3.8, 4) is 5.75 Å². The first-order chi connectivity index (χ1) is 10.2. The van der Waals surface area contributed by atoms with Crippen LogP contribution in [0, 0.1) is 6.92 Å². The zero-order valence-corrected chi connectivity index (χ0v) is 13.6. The number of hydrogen-bond acceptors (Lipinski definition) is 3. The van der Waals surface area contributed by atoms with Gasteiger partial charge in [0.1, 0.15) is 5.75 Å². The van der Waals surface area contributed by atoms with Crippen molar-refractivity contribution in [2.24, 2.45) is 5.73 Å². The first-order valence-electron chi connectivity index (χ1n) is 8.44. The molecule has 21 heavy (non-hydrogen) atoms. The Kier molecular flexibility index (Phi) is 6.37. The summed E-state index contributed by atoms with van der Waals surface area (Å²) in [4.78, 5) is 2.43. The molecule has 0 unspecified atom stereocenters. The number of ether oxygens (including phenoxy) is 1. The highest BCUT2D eigenvalue weighted by Crippen LogP contribution is 2.26. The first kappa shape index (κ1) is 16.2. The van der Waals surface area contributed by atoms with Gasteiger partial charge < -0.3 is 15.4 Å². The molecule has 0 bridgehead atoms. The van der Waals surface area contributed by atoms with Gasteiger partial charge in [-0.15, -0.1) is 0 Å². The first-order valence-corrected chi connectivity index (χ1v) is 8.44. The number of anilines is 1. The van der Waals surface area contributed by atoms with E-state index < -0.39 is 0 Å². The highest BCUT2D eigenvalue weighted by molar-refractivity contribution is 5.53. The monoisotopic (exact) mass is 290 g/mol. The molecule has 1 aromatic rings. The average molecular weight is 290 g/mol. The van der Waals surface area contributed by atoms with E-state index in [1.54, 1.807) is 0 Å². The molecule has 2 rings (SSSR count). The molecule has 1 fully saturated rings. The lowest BCUT2D eigenvalue weighted by atomic mass is 10.0. The van der Waals surface area contributed by atoms with Crippen molar-refractivity contribution < 1.29 is 4.74 Å². The molecule has 1 saturated heterocycles. The number of hydrogen-bond donors (Lipinski definition) is 1. The number of piperidine rings is 1. The third kappa shape index (κ3) is 4.92. The smallest absolute Gasteiger partial charge is 0.122 e. The summed E-state index contributed by atoms with van der Waals surface area (Å²) in [5.74, 6) is 1.03. The van der Waals surface area contributed by atoms with E-state index in [1.165, 1.54) is 30.5 Å². The normalized spacial score (nSPS) is 16.2. The van der Waals surface area contributed by atoms with Gasteiger partial charge in [0.25, 0.3) is 0 Å². The van der Waals surface area contributed by atoms with Gasteiger partial charge in [0.2, 0.25) is 0 Å². The predicted molar refractivity (Wildman–Crippen MR) is 90.2 cm³/mol. The van der Waals surface area contributed by atoms with Crippen molar-refractivity contribution in [2.45, 2.75) is 58.4 Å². The van der Waals surface area contributed by atoms with Gasteiger partial charge in [0.15, 0.2) is 0 Å². The molecule has 0 aliphatic carbocycles. The molecular weight excluding hydrogens is 260 g/mol. The molecule has 2 N–H and O–H groups in total. The minimum Gasteiger partial charge on any atom is -0.493 e. The maximum absolute atomic E-state index is 5.97. The zero-order chi connectivity index (χ0) is 15.1. The molecule has 3 nitrogen and oxygen atoms in total. The van der Waals surface area contributed by atoms with Crippen molar-refractivity contribution >= 4 is 5.69 Å². The molecule has 0 saturated carbocycles. The Balaban J connectivity index is 1.85. The SMILES string of the molecule is CCCCCCOc1ccc(N2CCC(N)CC2)cc1C. The van der Waals surface area contributed by atoms with Crippen LogP contribution in [0.3, 0.4) is 0 Å². The highest BCUT2D eigenvalue weighted by atomic mass is 16.5. The van der Waals surface area contributed by atoms with Crippen LogP contribution in [0.5, 0.6) is 5.75 Å². The molecule has 0 atom stereocenters. The Hall–Kier alpha value is -1.22. The number of rotatable bonds is 7. The maximum atomic E-state index is 5.97. The summed E-state index contributed by atoms with van der Waals surface area (Å²) >= 11 is 0. The molecule has 0 aromatic heterocycles. The average Bonchev–Trinajstić information content (AvgIpc) is 2.49. The minimum atomic E-state index is 0.382. The van der Waals surface area contributed by atoms with Gasteiger partial charge in [-0.1, -0.05) is 26.2 Å². The lowest BCUT2D eigenvalue weighted by Gasteiger charge is -2.32. The van der Waals surface area contributed by atoms with Gasteiger partial charge in [0, 0.05) is 24.8 Å². The summed E-state index contributed by atoms with van der Waals surface area (Å²) in [6, 6.07) is 6.94. The van der Waals surface area contributed by atoms with E-state index in [0.717, 1.165) is 44.7 Å². The van der Waals surface area contributed by atoms with E-state index in [-0.39, 0.29) is 0 Å². The Morgan fingerprint density at radius 1 is 1.19 bits per heavy atom. The summed E-state index contributed by atoms with van der Waals surface area (Å²) in [5.41, 5.74) is 8.51. The fraction of sp³-hybridized carbons (Fsp3) is 0.667. The van der Waals surface area contributed by atoms with Crippen molar-refractivity contribution in [2.75, 3.05) is 24.6 Å². The van der Waals surface area contributed by atoms with Crippen LogP contribution in [0.15, 0.2) is 18.2 Å². The Morgan fingerprint density at radius 3 is 2.62 bits per heavy atom. The molecule has 0 amide bonds. The largest absolute Gasteiger partial charge is 0.493 e. The van der Waals surface area contributed by atoms with Crippen LogP contribution in [0.1, 0.15) is 51.0 Å². The fourth-order valence-corrected chi connectivity index (χ4v) is 2.86. The Bertz CT molecular complexity index is 425. The van der Waals surface area contributed by atoms with E-state index in [0.29, 0.717) is 6.04 Å². The number of benzene rings is 1. The third-order valence-electron chi connectivity index (χ3n) is 4.32. The standard InChI is InChI=1S/C18H30N2O/c1-3-4-5-6-13-21-18-8-7-17(14-15(18)2)20-11-9-16(19)10-12-20/h7-8,14,16H,3-6,9-13,19H2,1-2H3. The molecule has 0 spiro atoms. The Labute approximate surface area is 129 Å². The Morgan fingerprint density at radius 2 is 1.95 bits per heavy atom. The van der Waals surface area contributed by atoms with Gasteiger partial charge in [-0.3, -0.25) is 0 Å². The lowest BCUT2D eigenvalue weighted by Crippen LogP contribution is -2.39. The summed E-state index contributed by atoms with van der Waals surface area (Å²) in [6.07, 6.45) is 7.18. The number of nitrogens with zero attached hydrogens (tertiary/aromatic N) is 1. The van der Waals surface area contributed by atoms with Crippen LogP contribution in [-0.4, -0.2) is 25.7 Å². The van der Waals surface area contributed by atoms with Gasteiger partial charge in [-0.2, -0.15) is 0 Å². The van der Waals surface area contributed by atoms with Gasteiger partial charge in [-0.25, -0.2) is 0 Å². The molecule has 118 valence electrons. The quantitative estimate of drug-likeness (QED) is 0.774. The molecule has 0 radical (unpaired) electrons. The fourth-order valence-electron chi connectivity index (χ4n) is 2.86. The van der Waals surface area contributed by atoms with E-state index in [4.69, 9.17) is 10.5 Å². The maximum Gasteiger partial charge on any atom is 0.122 e. The summed E-state index contributed by atoms with van der Waals surface area (Å²) in [5, 5.41) is 0. The molecule has 1 heterocycles. The van der Waals surface area contributed by atoms with Crippen LogP contribution in [0.25, 0.3) is 0 Å². The van der Waals surface area contributed by atoms with Crippen LogP contribution in [0.4, 0.5) is 5.69 Å². The second-order valence-corrected chi connectivity index (χ2v) is 6.18. The number of aryl methyl sites for hydroxylation is 1. The van der Waals surface area contributed by atoms with E-state index in [2.05, 4.69) is 36.9 Å². The minimum absolute atomic E-state index is 0.382. The summed E-state index contributed by atoms with van der Waals surface area (Å²) in [6.45, 7) is 7.34. The second-order valence-electron chi connectivity index (χ2n) is 6.18. The van der Waals surface area contributed by atoms with Crippen LogP contribution in [0.2, 0.25) is 0 Å². The molecule has 1 aromatic carbocycles. The summed E-state index contributed by atoms with van der Waals surface area (Å²) < 4.78 is 5.90. The van der Waals surface area contributed by atoms with Gasteiger partial charge >= 0.3 is 0 Å². The van der Waals surface area contributed by atoms with Crippen molar-refractivity contribution in [3.05, 3.63) is 23.8 Å². The zero-order valence-electron chi connectivity index (χ0n) is 13.6. The van der Waals surface area contributed by atoms with Crippen molar-refractivity contribution in [3.63, 3.8) is 0 Å². The van der Waals surface area contributed by atoms with E-state index in [9.17, 15) is 0 Å². The van der Waals surface area contributed by atoms with Crippen LogP contribution >= 0.6 is 0 Å². The van der Waals surface area contributed by atoms with Crippen molar-refractivity contribution in [1.29, 1.82) is 0 Å².